The highest BCUT2D eigenvalue weighted by atomic mass is 16.6. The van der Waals surface area contributed by atoms with Crippen molar-refractivity contribution in [2.45, 2.75) is 31.1 Å². The van der Waals surface area contributed by atoms with Crippen molar-refractivity contribution >= 4 is 0 Å². The van der Waals surface area contributed by atoms with E-state index in [2.05, 4.69) is 5.10 Å². The van der Waals surface area contributed by atoms with Crippen LogP contribution in [0.1, 0.15) is 11.9 Å². The SMILES string of the molecule is Cn1ccc(Cn2c(=O)ccn([C@@H]3O[C@H](CO)[C@H](O)C3O)c2=O)n1. The molecule has 3 heterocycles. The fraction of sp³-hybridized carbons (Fsp3) is 0.500. The summed E-state index contributed by atoms with van der Waals surface area (Å²) in [6.07, 6.45) is -2.05. The Balaban J connectivity index is 1.98. The van der Waals surface area contributed by atoms with E-state index in [1.165, 1.54) is 12.3 Å². The molecule has 24 heavy (non-hydrogen) atoms. The minimum atomic E-state index is -1.40. The Labute approximate surface area is 135 Å². The van der Waals surface area contributed by atoms with Crippen LogP contribution in [0, 0.1) is 0 Å². The van der Waals surface area contributed by atoms with Gasteiger partial charge in [-0.2, -0.15) is 5.10 Å². The molecule has 130 valence electrons. The average molecular weight is 338 g/mol. The smallest absolute Gasteiger partial charge is 0.333 e. The van der Waals surface area contributed by atoms with Gasteiger partial charge in [0.25, 0.3) is 5.56 Å². The van der Waals surface area contributed by atoms with E-state index < -0.39 is 42.4 Å². The van der Waals surface area contributed by atoms with Crippen molar-refractivity contribution in [2.75, 3.05) is 6.61 Å². The van der Waals surface area contributed by atoms with Crippen molar-refractivity contribution in [3.63, 3.8) is 0 Å². The van der Waals surface area contributed by atoms with E-state index in [4.69, 9.17) is 9.84 Å². The van der Waals surface area contributed by atoms with E-state index in [1.54, 1.807) is 24.0 Å². The van der Waals surface area contributed by atoms with Crippen molar-refractivity contribution in [1.82, 2.24) is 18.9 Å². The fourth-order valence-corrected chi connectivity index (χ4v) is 2.69. The minimum Gasteiger partial charge on any atom is -0.394 e. The largest absolute Gasteiger partial charge is 0.394 e. The summed E-state index contributed by atoms with van der Waals surface area (Å²) in [4.78, 5) is 24.6. The Kier molecular flexibility index (Phi) is 4.37. The molecule has 1 aliphatic rings. The van der Waals surface area contributed by atoms with E-state index in [-0.39, 0.29) is 6.54 Å². The second-order valence-corrected chi connectivity index (χ2v) is 5.64. The monoisotopic (exact) mass is 338 g/mol. The molecule has 0 aromatic carbocycles. The highest BCUT2D eigenvalue weighted by Crippen LogP contribution is 2.27. The van der Waals surface area contributed by atoms with E-state index in [9.17, 15) is 19.8 Å². The molecule has 1 aliphatic heterocycles. The lowest BCUT2D eigenvalue weighted by Gasteiger charge is -2.18. The van der Waals surface area contributed by atoms with Gasteiger partial charge in [0.15, 0.2) is 6.23 Å². The van der Waals surface area contributed by atoms with Gasteiger partial charge in [0.1, 0.15) is 18.3 Å². The zero-order valence-corrected chi connectivity index (χ0v) is 12.9. The van der Waals surface area contributed by atoms with Crippen molar-refractivity contribution < 1.29 is 20.1 Å². The summed E-state index contributed by atoms with van der Waals surface area (Å²) >= 11 is 0. The van der Waals surface area contributed by atoms with Crippen LogP contribution in [0.5, 0.6) is 0 Å². The molecule has 1 unspecified atom stereocenters. The molecule has 1 fully saturated rings. The third-order valence-electron chi connectivity index (χ3n) is 3.98. The summed E-state index contributed by atoms with van der Waals surface area (Å²) in [7, 11) is 1.72. The molecule has 0 radical (unpaired) electrons. The normalized spacial score (nSPS) is 26.8. The van der Waals surface area contributed by atoms with Crippen LogP contribution in [0.2, 0.25) is 0 Å². The molecule has 0 amide bonds. The Morgan fingerprint density at radius 1 is 1.21 bits per heavy atom. The maximum absolute atomic E-state index is 12.6. The van der Waals surface area contributed by atoms with Crippen molar-refractivity contribution in [2.24, 2.45) is 7.05 Å². The number of hydrogen-bond acceptors (Lipinski definition) is 7. The molecule has 2 aromatic rings. The van der Waals surface area contributed by atoms with Gasteiger partial charge >= 0.3 is 5.69 Å². The Hall–Kier alpha value is -2.27. The number of aryl methyl sites for hydroxylation is 1. The van der Waals surface area contributed by atoms with Gasteiger partial charge < -0.3 is 20.1 Å². The van der Waals surface area contributed by atoms with E-state index in [1.807, 2.05) is 0 Å². The molecule has 3 rings (SSSR count). The van der Waals surface area contributed by atoms with Crippen molar-refractivity contribution in [1.29, 1.82) is 0 Å². The van der Waals surface area contributed by atoms with Gasteiger partial charge in [-0.25, -0.2) is 4.79 Å². The standard InChI is InChI=1S/C14H18N4O6/c1-16-4-2-8(15-16)6-18-10(20)3-5-17(14(18)23)13-12(22)11(21)9(7-19)24-13/h2-5,9,11-13,19,21-22H,6-7H2,1H3/t9-,11+,12?,13-/m1/s1. The third kappa shape index (κ3) is 2.80. The Morgan fingerprint density at radius 2 is 1.96 bits per heavy atom. The highest BCUT2D eigenvalue weighted by Gasteiger charge is 2.43. The summed E-state index contributed by atoms with van der Waals surface area (Å²) in [6.45, 7) is -0.537. The van der Waals surface area contributed by atoms with Crippen LogP contribution in [0.25, 0.3) is 0 Å². The molecule has 0 spiro atoms. The van der Waals surface area contributed by atoms with E-state index >= 15 is 0 Å². The van der Waals surface area contributed by atoms with E-state index in [0.717, 1.165) is 9.13 Å². The van der Waals surface area contributed by atoms with Crippen LogP contribution in [0.15, 0.2) is 34.1 Å². The maximum atomic E-state index is 12.6. The average Bonchev–Trinajstić information content (AvgIpc) is 3.09. The molecule has 0 aliphatic carbocycles. The van der Waals surface area contributed by atoms with Crippen LogP contribution in [0.4, 0.5) is 0 Å². The molecule has 2 aromatic heterocycles. The molecule has 0 saturated carbocycles. The molecule has 4 atom stereocenters. The lowest BCUT2D eigenvalue weighted by atomic mass is 10.1. The first kappa shape index (κ1) is 16.6. The van der Waals surface area contributed by atoms with Gasteiger partial charge in [-0.3, -0.25) is 18.6 Å². The summed E-state index contributed by atoms with van der Waals surface area (Å²) in [5.41, 5.74) is -0.702. The number of aliphatic hydroxyl groups is 3. The lowest BCUT2D eigenvalue weighted by Crippen LogP contribution is -2.43. The zero-order valence-electron chi connectivity index (χ0n) is 12.9. The van der Waals surface area contributed by atoms with Gasteiger partial charge in [0, 0.05) is 25.5 Å². The van der Waals surface area contributed by atoms with Crippen molar-refractivity contribution in [3.8, 4) is 0 Å². The fourth-order valence-electron chi connectivity index (χ4n) is 2.69. The number of aliphatic hydroxyl groups excluding tert-OH is 3. The van der Waals surface area contributed by atoms with Crippen LogP contribution in [0.3, 0.4) is 0 Å². The maximum Gasteiger partial charge on any atom is 0.333 e. The number of aromatic nitrogens is 4. The second-order valence-electron chi connectivity index (χ2n) is 5.64. The van der Waals surface area contributed by atoms with Crippen LogP contribution < -0.4 is 11.2 Å². The lowest BCUT2D eigenvalue weighted by molar-refractivity contribution is -0.0555. The predicted molar refractivity (Wildman–Crippen MR) is 80.3 cm³/mol. The minimum absolute atomic E-state index is 0.0336. The topological polar surface area (TPSA) is 132 Å². The zero-order chi connectivity index (χ0) is 17.4. The van der Waals surface area contributed by atoms with Gasteiger partial charge in [-0.1, -0.05) is 0 Å². The molecule has 1 saturated heterocycles. The molecular weight excluding hydrogens is 320 g/mol. The van der Waals surface area contributed by atoms with Gasteiger partial charge in [-0.15, -0.1) is 0 Å². The predicted octanol–water partition coefficient (Wildman–Crippen LogP) is -2.60. The molecular formula is C14H18N4O6. The Bertz CT molecular complexity index is 840. The van der Waals surface area contributed by atoms with Gasteiger partial charge in [-0.05, 0) is 6.07 Å². The second kappa shape index (κ2) is 6.32. The van der Waals surface area contributed by atoms with Crippen LogP contribution in [-0.4, -0.2) is 59.2 Å². The number of nitrogens with zero attached hydrogens (tertiary/aromatic N) is 4. The first-order valence-electron chi connectivity index (χ1n) is 7.35. The third-order valence-corrected chi connectivity index (χ3v) is 3.98. The molecule has 10 heteroatoms. The van der Waals surface area contributed by atoms with Crippen molar-refractivity contribution in [3.05, 3.63) is 51.1 Å². The van der Waals surface area contributed by atoms with Gasteiger partial charge in [0.05, 0.1) is 18.8 Å². The number of rotatable bonds is 4. The first-order valence-corrected chi connectivity index (χ1v) is 7.35. The summed E-state index contributed by atoms with van der Waals surface area (Å²) in [6, 6.07) is 2.84. The highest BCUT2D eigenvalue weighted by molar-refractivity contribution is 5.01. The van der Waals surface area contributed by atoms with Gasteiger partial charge in [0.2, 0.25) is 0 Å². The molecule has 0 bridgehead atoms. The Morgan fingerprint density at radius 3 is 2.54 bits per heavy atom. The van der Waals surface area contributed by atoms with Crippen LogP contribution >= 0.6 is 0 Å². The summed E-state index contributed by atoms with van der Waals surface area (Å²) in [5, 5.41) is 33.1. The summed E-state index contributed by atoms with van der Waals surface area (Å²) in [5.74, 6) is 0. The molecule has 10 nitrogen and oxygen atoms in total. The molecule has 3 N–H and O–H groups in total. The summed E-state index contributed by atoms with van der Waals surface area (Å²) < 4.78 is 8.86. The quantitative estimate of drug-likeness (QED) is 0.557. The first-order chi connectivity index (χ1) is 11.4. The van der Waals surface area contributed by atoms with Crippen LogP contribution in [-0.2, 0) is 18.3 Å². The number of ether oxygens (including phenoxy) is 1. The number of hydrogen-bond donors (Lipinski definition) is 3. The van der Waals surface area contributed by atoms with E-state index in [0.29, 0.717) is 5.69 Å².